The van der Waals surface area contributed by atoms with E-state index < -0.39 is 5.82 Å². The molecule has 0 aliphatic rings. The summed E-state index contributed by atoms with van der Waals surface area (Å²) >= 11 is 5.65. The minimum absolute atomic E-state index is 0.0479. The molecule has 5 nitrogen and oxygen atoms in total. The fraction of sp³-hybridized carbons (Fsp3) is 0. The predicted octanol–water partition coefficient (Wildman–Crippen LogP) is 1.22. The summed E-state index contributed by atoms with van der Waals surface area (Å²) in [4.78, 5) is 3.69. The van der Waals surface area contributed by atoms with E-state index in [9.17, 15) is 4.39 Å². The number of hydrogen-bond donors (Lipinski definition) is 2. The molecule has 2 aromatic rings. The fourth-order valence-electron chi connectivity index (χ4n) is 1.21. The van der Waals surface area contributed by atoms with Crippen LogP contribution in [0.25, 0.3) is 5.69 Å². The van der Waals surface area contributed by atoms with Crippen LogP contribution in [-0.4, -0.2) is 14.8 Å². The van der Waals surface area contributed by atoms with Crippen molar-refractivity contribution in [3.8, 4) is 5.69 Å². The van der Waals surface area contributed by atoms with Crippen molar-refractivity contribution < 1.29 is 4.39 Å². The van der Waals surface area contributed by atoms with E-state index in [1.807, 2.05) is 0 Å². The van der Waals surface area contributed by atoms with Gasteiger partial charge in [-0.3, -0.25) is 0 Å². The highest BCUT2D eigenvalue weighted by molar-refractivity contribution is 6.33. The van der Waals surface area contributed by atoms with Gasteiger partial charge in [0.1, 0.15) is 23.4 Å². The number of rotatable bonds is 1. The van der Waals surface area contributed by atoms with Gasteiger partial charge in [0.2, 0.25) is 0 Å². The van der Waals surface area contributed by atoms with Crippen molar-refractivity contribution >= 4 is 23.0 Å². The van der Waals surface area contributed by atoms with Crippen LogP contribution in [0.4, 0.5) is 15.8 Å². The van der Waals surface area contributed by atoms with Crippen LogP contribution in [0.2, 0.25) is 5.02 Å². The Kier molecular flexibility index (Phi) is 2.20. The summed E-state index contributed by atoms with van der Waals surface area (Å²) in [5, 5.41) is 3.59. The largest absolute Gasteiger partial charge is 0.397 e. The molecule has 1 aromatic carbocycles. The first-order valence-corrected chi connectivity index (χ1v) is 4.37. The van der Waals surface area contributed by atoms with Gasteiger partial charge < -0.3 is 11.5 Å². The summed E-state index contributed by atoms with van der Waals surface area (Å²) in [6, 6.07) is 1.38. The SMILES string of the molecule is Nc1cc(N)c(-n2cncn2)c(F)c1Cl. The highest BCUT2D eigenvalue weighted by Crippen LogP contribution is 2.31. The average Bonchev–Trinajstić information content (AvgIpc) is 2.68. The normalized spacial score (nSPS) is 10.5. The minimum Gasteiger partial charge on any atom is -0.397 e. The molecule has 0 aliphatic carbocycles. The van der Waals surface area contributed by atoms with E-state index in [2.05, 4.69) is 10.1 Å². The third-order valence-corrected chi connectivity index (χ3v) is 2.27. The smallest absolute Gasteiger partial charge is 0.171 e. The average molecular weight is 228 g/mol. The maximum Gasteiger partial charge on any atom is 0.171 e. The van der Waals surface area contributed by atoms with Crippen molar-refractivity contribution in [2.24, 2.45) is 0 Å². The Balaban J connectivity index is 2.72. The Morgan fingerprint density at radius 1 is 1.33 bits per heavy atom. The monoisotopic (exact) mass is 227 g/mol. The Labute approximate surface area is 89.5 Å². The molecule has 1 aromatic heterocycles. The molecule has 0 atom stereocenters. The Hall–Kier alpha value is -1.82. The van der Waals surface area contributed by atoms with Crippen LogP contribution in [-0.2, 0) is 0 Å². The molecular weight excluding hydrogens is 221 g/mol. The quantitative estimate of drug-likeness (QED) is 0.718. The Bertz CT molecular complexity index is 496. The number of anilines is 2. The third-order valence-electron chi connectivity index (χ3n) is 1.89. The molecule has 0 unspecified atom stereocenters. The van der Waals surface area contributed by atoms with E-state index in [1.54, 1.807) is 0 Å². The summed E-state index contributed by atoms with van der Waals surface area (Å²) < 4.78 is 14.9. The number of nitrogens with two attached hydrogens (primary N) is 2. The van der Waals surface area contributed by atoms with Crippen molar-refractivity contribution in [1.82, 2.24) is 14.8 Å². The lowest BCUT2D eigenvalue weighted by molar-refractivity contribution is 0.613. The minimum atomic E-state index is -0.709. The molecule has 15 heavy (non-hydrogen) atoms. The Morgan fingerprint density at radius 2 is 2.07 bits per heavy atom. The van der Waals surface area contributed by atoms with E-state index in [1.165, 1.54) is 23.4 Å². The summed E-state index contributed by atoms with van der Waals surface area (Å²) in [5.41, 5.74) is 11.4. The summed E-state index contributed by atoms with van der Waals surface area (Å²) in [7, 11) is 0. The zero-order valence-electron chi connectivity index (χ0n) is 7.48. The van der Waals surface area contributed by atoms with Crippen LogP contribution in [0.1, 0.15) is 0 Å². The lowest BCUT2D eigenvalue weighted by atomic mass is 10.2. The van der Waals surface area contributed by atoms with E-state index in [0.717, 1.165) is 0 Å². The number of halogens is 2. The fourth-order valence-corrected chi connectivity index (χ4v) is 1.36. The first-order chi connectivity index (χ1) is 7.11. The molecule has 1 heterocycles. The van der Waals surface area contributed by atoms with Crippen LogP contribution in [0.5, 0.6) is 0 Å². The second kappa shape index (κ2) is 3.39. The molecule has 78 valence electrons. The van der Waals surface area contributed by atoms with E-state index in [-0.39, 0.29) is 22.1 Å². The van der Waals surface area contributed by atoms with Crippen molar-refractivity contribution in [3.63, 3.8) is 0 Å². The van der Waals surface area contributed by atoms with Gasteiger partial charge in [0.05, 0.1) is 11.4 Å². The zero-order chi connectivity index (χ0) is 11.0. The van der Waals surface area contributed by atoms with Crippen LogP contribution >= 0.6 is 11.6 Å². The number of nitrogens with zero attached hydrogens (tertiary/aromatic N) is 3. The highest BCUT2D eigenvalue weighted by atomic mass is 35.5. The molecule has 0 amide bonds. The molecule has 4 N–H and O–H groups in total. The van der Waals surface area contributed by atoms with Gasteiger partial charge in [-0.05, 0) is 6.07 Å². The van der Waals surface area contributed by atoms with Crippen LogP contribution in [0.15, 0.2) is 18.7 Å². The van der Waals surface area contributed by atoms with E-state index in [4.69, 9.17) is 23.1 Å². The zero-order valence-corrected chi connectivity index (χ0v) is 8.24. The number of nitrogen functional groups attached to an aromatic ring is 2. The van der Waals surface area contributed by atoms with Gasteiger partial charge in [0, 0.05) is 0 Å². The predicted molar refractivity (Wildman–Crippen MR) is 55.2 cm³/mol. The van der Waals surface area contributed by atoms with Crippen LogP contribution in [0, 0.1) is 5.82 Å². The molecule has 7 heteroatoms. The van der Waals surface area contributed by atoms with Crippen molar-refractivity contribution in [2.75, 3.05) is 11.5 Å². The van der Waals surface area contributed by atoms with Crippen molar-refractivity contribution in [1.29, 1.82) is 0 Å². The maximum atomic E-state index is 13.7. The van der Waals surface area contributed by atoms with Crippen molar-refractivity contribution in [2.45, 2.75) is 0 Å². The lowest BCUT2D eigenvalue weighted by Crippen LogP contribution is -2.05. The molecule has 0 aliphatic heterocycles. The molecule has 0 spiro atoms. The standard InChI is InChI=1S/C8H7ClFN5/c9-6-4(11)1-5(12)8(7(6)10)15-3-13-2-14-15/h1-3H,11-12H2. The summed E-state index contributed by atoms with van der Waals surface area (Å²) in [5.74, 6) is -0.709. The van der Waals surface area contributed by atoms with Crippen LogP contribution in [0.3, 0.4) is 0 Å². The number of aromatic nitrogens is 3. The Morgan fingerprint density at radius 3 is 2.67 bits per heavy atom. The summed E-state index contributed by atoms with van der Waals surface area (Å²) in [6.07, 6.45) is 2.59. The van der Waals surface area contributed by atoms with Gasteiger partial charge in [-0.1, -0.05) is 11.6 Å². The molecular formula is C8H7ClFN5. The molecule has 0 radical (unpaired) electrons. The highest BCUT2D eigenvalue weighted by Gasteiger charge is 2.16. The molecule has 0 saturated carbocycles. The van der Waals surface area contributed by atoms with Gasteiger partial charge in [0.15, 0.2) is 5.82 Å². The number of hydrogen-bond acceptors (Lipinski definition) is 4. The van der Waals surface area contributed by atoms with Crippen LogP contribution < -0.4 is 11.5 Å². The first-order valence-electron chi connectivity index (χ1n) is 3.99. The lowest BCUT2D eigenvalue weighted by Gasteiger charge is -2.09. The second-order valence-corrected chi connectivity index (χ2v) is 3.25. The molecule has 0 bridgehead atoms. The maximum absolute atomic E-state index is 13.7. The van der Waals surface area contributed by atoms with E-state index in [0.29, 0.717) is 0 Å². The topological polar surface area (TPSA) is 82.8 Å². The van der Waals surface area contributed by atoms with Gasteiger partial charge in [-0.25, -0.2) is 14.1 Å². The third kappa shape index (κ3) is 1.48. The van der Waals surface area contributed by atoms with E-state index >= 15 is 0 Å². The van der Waals surface area contributed by atoms with Crippen molar-refractivity contribution in [3.05, 3.63) is 29.6 Å². The van der Waals surface area contributed by atoms with Gasteiger partial charge in [0.25, 0.3) is 0 Å². The molecule has 2 rings (SSSR count). The number of benzene rings is 1. The second-order valence-electron chi connectivity index (χ2n) is 2.87. The summed E-state index contributed by atoms with van der Waals surface area (Å²) in [6.45, 7) is 0. The molecule has 0 saturated heterocycles. The van der Waals surface area contributed by atoms with Gasteiger partial charge in [-0.2, -0.15) is 5.10 Å². The van der Waals surface area contributed by atoms with Gasteiger partial charge >= 0.3 is 0 Å². The van der Waals surface area contributed by atoms with Gasteiger partial charge in [-0.15, -0.1) is 0 Å². The molecule has 0 fully saturated rings. The first kappa shape index (κ1) is 9.72.